The number of benzene rings is 1. The highest BCUT2D eigenvalue weighted by molar-refractivity contribution is 5.89. The molecule has 0 saturated heterocycles. The van der Waals surface area contributed by atoms with E-state index in [2.05, 4.69) is 10.6 Å². The van der Waals surface area contributed by atoms with Gasteiger partial charge in [-0.2, -0.15) is 0 Å². The van der Waals surface area contributed by atoms with Crippen LogP contribution in [0.2, 0.25) is 0 Å². The summed E-state index contributed by atoms with van der Waals surface area (Å²) in [5.74, 6) is -0.974. The van der Waals surface area contributed by atoms with Gasteiger partial charge in [0.2, 0.25) is 5.91 Å². The van der Waals surface area contributed by atoms with Gasteiger partial charge < -0.3 is 15.7 Å². The molecule has 0 unspecified atom stereocenters. The van der Waals surface area contributed by atoms with Crippen LogP contribution >= 0.6 is 0 Å². The summed E-state index contributed by atoms with van der Waals surface area (Å²) in [5, 5.41) is 14.5. The first kappa shape index (κ1) is 13.2. The minimum atomic E-state index is -0.936. The lowest BCUT2D eigenvalue weighted by Crippen LogP contribution is -2.25. The van der Waals surface area contributed by atoms with Gasteiger partial charge in [0.05, 0.1) is 5.56 Å². The average molecular weight is 236 g/mol. The Morgan fingerprint density at radius 1 is 1.29 bits per heavy atom. The summed E-state index contributed by atoms with van der Waals surface area (Å²) >= 11 is 0. The SMILES string of the molecule is CNC(=O)CCNCc1ccccc1C(=O)O. The molecule has 0 atom stereocenters. The summed E-state index contributed by atoms with van der Waals surface area (Å²) in [6.45, 7) is 0.965. The van der Waals surface area contributed by atoms with Gasteiger partial charge in [-0.05, 0) is 11.6 Å². The molecule has 0 radical (unpaired) electrons. The van der Waals surface area contributed by atoms with E-state index in [4.69, 9.17) is 5.11 Å². The maximum Gasteiger partial charge on any atom is 0.336 e. The molecule has 3 N–H and O–H groups in total. The Morgan fingerprint density at radius 2 is 2.00 bits per heavy atom. The van der Waals surface area contributed by atoms with E-state index < -0.39 is 5.97 Å². The lowest BCUT2D eigenvalue weighted by atomic mass is 10.1. The predicted octanol–water partition coefficient (Wildman–Crippen LogP) is 0.610. The van der Waals surface area contributed by atoms with Crippen molar-refractivity contribution < 1.29 is 14.7 Å². The Kier molecular flexibility index (Phi) is 5.16. The van der Waals surface area contributed by atoms with Crippen molar-refractivity contribution >= 4 is 11.9 Å². The molecule has 0 aliphatic rings. The van der Waals surface area contributed by atoms with Crippen molar-refractivity contribution in [3.8, 4) is 0 Å². The van der Waals surface area contributed by atoms with Gasteiger partial charge in [-0.3, -0.25) is 4.79 Å². The van der Waals surface area contributed by atoms with Gasteiger partial charge in [0.1, 0.15) is 0 Å². The van der Waals surface area contributed by atoms with E-state index >= 15 is 0 Å². The maximum absolute atomic E-state index is 11.0. The molecular formula is C12H16N2O3. The number of carbonyl (C=O) groups excluding carboxylic acids is 1. The molecular weight excluding hydrogens is 220 g/mol. The van der Waals surface area contributed by atoms with E-state index in [1.807, 2.05) is 0 Å². The highest BCUT2D eigenvalue weighted by atomic mass is 16.4. The van der Waals surface area contributed by atoms with E-state index in [0.29, 0.717) is 25.1 Å². The molecule has 0 aromatic heterocycles. The summed E-state index contributed by atoms with van der Waals surface area (Å²) in [4.78, 5) is 21.9. The van der Waals surface area contributed by atoms with Gasteiger partial charge in [-0.25, -0.2) is 4.79 Å². The number of hydrogen-bond donors (Lipinski definition) is 3. The molecule has 0 bridgehead atoms. The second-order valence-corrected chi connectivity index (χ2v) is 3.56. The molecule has 0 aliphatic heterocycles. The third-order valence-corrected chi connectivity index (χ3v) is 2.37. The fourth-order valence-corrected chi connectivity index (χ4v) is 1.43. The zero-order valence-corrected chi connectivity index (χ0v) is 9.69. The first-order chi connectivity index (χ1) is 8.15. The van der Waals surface area contributed by atoms with E-state index in [0.717, 1.165) is 5.56 Å². The smallest absolute Gasteiger partial charge is 0.336 e. The molecule has 92 valence electrons. The van der Waals surface area contributed by atoms with Crippen LogP contribution < -0.4 is 10.6 Å². The van der Waals surface area contributed by atoms with Crippen LogP contribution in [0.15, 0.2) is 24.3 Å². The van der Waals surface area contributed by atoms with Crippen molar-refractivity contribution in [2.45, 2.75) is 13.0 Å². The molecule has 1 aromatic rings. The van der Waals surface area contributed by atoms with E-state index in [9.17, 15) is 9.59 Å². The van der Waals surface area contributed by atoms with Crippen LogP contribution in [0.5, 0.6) is 0 Å². The van der Waals surface area contributed by atoms with Gasteiger partial charge in [-0.15, -0.1) is 0 Å². The molecule has 5 nitrogen and oxygen atoms in total. The third kappa shape index (κ3) is 4.24. The van der Waals surface area contributed by atoms with Crippen LogP contribution in [0.3, 0.4) is 0 Å². The molecule has 17 heavy (non-hydrogen) atoms. The Morgan fingerprint density at radius 3 is 2.65 bits per heavy atom. The zero-order valence-electron chi connectivity index (χ0n) is 9.69. The first-order valence-electron chi connectivity index (χ1n) is 5.37. The molecule has 0 fully saturated rings. The summed E-state index contributed by atoms with van der Waals surface area (Å²) in [6.07, 6.45) is 0.381. The minimum absolute atomic E-state index is 0.0379. The number of carbonyl (C=O) groups is 2. The third-order valence-electron chi connectivity index (χ3n) is 2.37. The highest BCUT2D eigenvalue weighted by Crippen LogP contribution is 2.08. The number of nitrogens with one attached hydrogen (secondary N) is 2. The molecule has 0 spiro atoms. The standard InChI is InChI=1S/C12H16N2O3/c1-13-11(15)6-7-14-8-9-4-2-3-5-10(9)12(16)17/h2-5,14H,6-8H2,1H3,(H,13,15)(H,16,17). The monoisotopic (exact) mass is 236 g/mol. The maximum atomic E-state index is 11.0. The number of rotatable bonds is 6. The van der Waals surface area contributed by atoms with E-state index in [-0.39, 0.29) is 5.91 Å². The summed E-state index contributed by atoms with van der Waals surface area (Å²) in [6, 6.07) is 6.81. The Labute approximate surface area is 99.8 Å². The van der Waals surface area contributed by atoms with Crippen molar-refractivity contribution in [2.24, 2.45) is 0 Å². The normalized spacial score (nSPS) is 9.94. The largest absolute Gasteiger partial charge is 0.478 e. The fraction of sp³-hybridized carbons (Fsp3) is 0.333. The molecule has 0 heterocycles. The number of aromatic carboxylic acids is 1. The predicted molar refractivity (Wildman–Crippen MR) is 63.8 cm³/mol. The van der Waals surface area contributed by atoms with Crippen LogP contribution in [0, 0.1) is 0 Å². The quantitative estimate of drug-likeness (QED) is 0.632. The Bertz CT molecular complexity index is 404. The fourth-order valence-electron chi connectivity index (χ4n) is 1.43. The van der Waals surface area contributed by atoms with Crippen molar-refractivity contribution in [3.05, 3.63) is 35.4 Å². The molecule has 0 aliphatic carbocycles. The number of amides is 1. The van der Waals surface area contributed by atoms with Crippen LogP contribution in [0.4, 0.5) is 0 Å². The summed E-state index contributed by atoms with van der Waals surface area (Å²) in [5.41, 5.74) is 1.01. The molecule has 0 saturated carbocycles. The summed E-state index contributed by atoms with van der Waals surface area (Å²) < 4.78 is 0. The van der Waals surface area contributed by atoms with Gasteiger partial charge >= 0.3 is 5.97 Å². The summed E-state index contributed by atoms with van der Waals surface area (Å²) in [7, 11) is 1.59. The van der Waals surface area contributed by atoms with E-state index in [1.54, 1.807) is 31.3 Å². The number of carboxylic acids is 1. The highest BCUT2D eigenvalue weighted by Gasteiger charge is 2.08. The number of hydrogen-bond acceptors (Lipinski definition) is 3. The second kappa shape index (κ2) is 6.65. The van der Waals surface area contributed by atoms with Crippen molar-refractivity contribution in [1.29, 1.82) is 0 Å². The van der Waals surface area contributed by atoms with Crippen LogP contribution in [-0.2, 0) is 11.3 Å². The lowest BCUT2D eigenvalue weighted by molar-refractivity contribution is -0.120. The van der Waals surface area contributed by atoms with Gasteiger partial charge in [0, 0.05) is 26.6 Å². The average Bonchev–Trinajstić information content (AvgIpc) is 2.34. The van der Waals surface area contributed by atoms with Gasteiger partial charge in [0.15, 0.2) is 0 Å². The van der Waals surface area contributed by atoms with Crippen LogP contribution in [-0.4, -0.2) is 30.6 Å². The molecule has 1 rings (SSSR count). The zero-order chi connectivity index (χ0) is 12.7. The van der Waals surface area contributed by atoms with Gasteiger partial charge in [0.25, 0.3) is 0 Å². The number of carboxylic acid groups (broad SMARTS) is 1. The van der Waals surface area contributed by atoms with E-state index in [1.165, 1.54) is 0 Å². The van der Waals surface area contributed by atoms with Crippen molar-refractivity contribution in [3.63, 3.8) is 0 Å². The molecule has 1 amide bonds. The van der Waals surface area contributed by atoms with Crippen LogP contribution in [0.25, 0.3) is 0 Å². The minimum Gasteiger partial charge on any atom is -0.478 e. The van der Waals surface area contributed by atoms with Crippen molar-refractivity contribution in [1.82, 2.24) is 10.6 Å². The van der Waals surface area contributed by atoms with Crippen molar-refractivity contribution in [2.75, 3.05) is 13.6 Å². The lowest BCUT2D eigenvalue weighted by Gasteiger charge is -2.07. The van der Waals surface area contributed by atoms with Crippen LogP contribution in [0.1, 0.15) is 22.3 Å². The Balaban J connectivity index is 2.46. The first-order valence-corrected chi connectivity index (χ1v) is 5.37. The second-order valence-electron chi connectivity index (χ2n) is 3.56. The molecule has 5 heteroatoms. The molecule has 1 aromatic carbocycles. The van der Waals surface area contributed by atoms with Gasteiger partial charge in [-0.1, -0.05) is 18.2 Å². The topological polar surface area (TPSA) is 78.4 Å². The Hall–Kier alpha value is -1.88.